The molecule has 0 bridgehead atoms. The summed E-state index contributed by atoms with van der Waals surface area (Å²) in [5.41, 5.74) is 9.47. The fourth-order valence-corrected chi connectivity index (χ4v) is 7.08. The van der Waals surface area contributed by atoms with E-state index in [1.54, 1.807) is 11.3 Å². The first-order chi connectivity index (χ1) is 22.8. The van der Waals surface area contributed by atoms with Gasteiger partial charge < -0.3 is 0 Å². The Labute approximate surface area is 269 Å². The molecule has 0 unspecified atom stereocenters. The molecule has 9 aromatic rings. The molecule has 216 valence electrons. The lowest BCUT2D eigenvalue weighted by atomic mass is 9.98. The quantitative estimate of drug-likeness (QED) is 0.195. The van der Waals surface area contributed by atoms with Crippen LogP contribution in [0.2, 0.25) is 0 Å². The van der Waals surface area contributed by atoms with Crippen LogP contribution in [0.4, 0.5) is 0 Å². The van der Waals surface area contributed by atoms with Gasteiger partial charge in [-0.1, -0.05) is 115 Å². The average molecular weight is 608 g/mol. The molecule has 0 atom stereocenters. The number of hydrogen-bond acceptors (Lipinski definition) is 5. The molecule has 6 heteroatoms. The van der Waals surface area contributed by atoms with Crippen molar-refractivity contribution in [2.45, 2.75) is 0 Å². The van der Waals surface area contributed by atoms with E-state index in [-0.39, 0.29) is 0 Å². The minimum atomic E-state index is 0.647. The van der Waals surface area contributed by atoms with E-state index in [1.807, 2.05) is 66.7 Å². The summed E-state index contributed by atoms with van der Waals surface area (Å²) in [7, 11) is 0. The predicted molar refractivity (Wildman–Crippen MR) is 189 cm³/mol. The van der Waals surface area contributed by atoms with E-state index in [4.69, 9.17) is 19.9 Å². The van der Waals surface area contributed by atoms with Crippen LogP contribution in [0.15, 0.2) is 152 Å². The molecule has 0 amide bonds. The van der Waals surface area contributed by atoms with Crippen molar-refractivity contribution < 1.29 is 0 Å². The highest BCUT2D eigenvalue weighted by molar-refractivity contribution is 7.25. The number of rotatable bonds is 5. The van der Waals surface area contributed by atoms with Gasteiger partial charge in [-0.2, -0.15) is 0 Å². The highest BCUT2D eigenvalue weighted by atomic mass is 32.1. The summed E-state index contributed by atoms with van der Waals surface area (Å²) in [6.07, 6.45) is 2.08. The molecular formula is C40H25N5S. The first kappa shape index (κ1) is 26.4. The largest absolute Gasteiger partial charge is 0.291 e. The lowest BCUT2D eigenvalue weighted by Gasteiger charge is -2.10. The maximum absolute atomic E-state index is 4.93. The van der Waals surface area contributed by atoms with Gasteiger partial charge in [0, 0.05) is 33.0 Å². The third kappa shape index (κ3) is 4.64. The van der Waals surface area contributed by atoms with Crippen LogP contribution in [0.3, 0.4) is 0 Å². The van der Waals surface area contributed by atoms with Gasteiger partial charge in [0.2, 0.25) is 0 Å². The standard InChI is InChI=1S/C40H25N5S/c1-3-10-28(11-4-1)37-42-38(29-12-5-2-6-13-29)44-39(43-37)32-15-9-14-30(24-32)26-17-19-27(20-18-26)31-21-22-34-33(25-31)36-40(46-34)45-23-8-7-16-35(45)41-36/h1-25H. The maximum Gasteiger partial charge on any atom is 0.164 e. The molecule has 0 N–H and O–H groups in total. The summed E-state index contributed by atoms with van der Waals surface area (Å²) in [6.45, 7) is 0. The normalized spacial score (nSPS) is 11.5. The Morgan fingerprint density at radius 1 is 0.413 bits per heavy atom. The molecule has 0 saturated heterocycles. The average Bonchev–Trinajstić information content (AvgIpc) is 3.68. The number of benzene rings is 5. The van der Waals surface area contributed by atoms with Crippen molar-refractivity contribution >= 4 is 37.4 Å². The van der Waals surface area contributed by atoms with Crippen LogP contribution in [-0.2, 0) is 0 Å². The van der Waals surface area contributed by atoms with Gasteiger partial charge in [-0.15, -0.1) is 11.3 Å². The molecular weight excluding hydrogens is 583 g/mol. The first-order valence-electron chi connectivity index (χ1n) is 15.1. The third-order valence-electron chi connectivity index (χ3n) is 8.30. The lowest BCUT2D eigenvalue weighted by Crippen LogP contribution is -2.00. The van der Waals surface area contributed by atoms with E-state index >= 15 is 0 Å². The van der Waals surface area contributed by atoms with Crippen LogP contribution in [0.5, 0.6) is 0 Å². The molecule has 5 nitrogen and oxygen atoms in total. The van der Waals surface area contributed by atoms with Crippen LogP contribution >= 0.6 is 11.3 Å². The van der Waals surface area contributed by atoms with Gasteiger partial charge in [-0.25, -0.2) is 19.9 Å². The Kier molecular flexibility index (Phi) is 6.25. The molecule has 0 aliphatic rings. The number of nitrogens with zero attached hydrogens (tertiary/aromatic N) is 5. The van der Waals surface area contributed by atoms with Gasteiger partial charge in [0.25, 0.3) is 0 Å². The van der Waals surface area contributed by atoms with Crippen LogP contribution in [-0.4, -0.2) is 24.3 Å². The van der Waals surface area contributed by atoms with Crippen molar-refractivity contribution in [1.82, 2.24) is 24.3 Å². The molecule has 0 radical (unpaired) electrons. The number of pyridine rings is 1. The Balaban J connectivity index is 1.07. The second-order valence-electron chi connectivity index (χ2n) is 11.2. The molecule has 0 saturated carbocycles. The van der Waals surface area contributed by atoms with Crippen molar-refractivity contribution in [2.24, 2.45) is 0 Å². The Morgan fingerprint density at radius 3 is 1.63 bits per heavy atom. The molecule has 0 fully saturated rings. The van der Waals surface area contributed by atoms with Crippen LogP contribution in [0.25, 0.3) is 82.5 Å². The summed E-state index contributed by atoms with van der Waals surface area (Å²) >= 11 is 1.79. The predicted octanol–water partition coefficient (Wildman–Crippen LogP) is 10.2. The molecule has 4 heterocycles. The van der Waals surface area contributed by atoms with E-state index in [0.29, 0.717) is 17.5 Å². The Morgan fingerprint density at radius 2 is 0.957 bits per heavy atom. The summed E-state index contributed by atoms with van der Waals surface area (Å²) in [6, 6.07) is 50.1. The van der Waals surface area contributed by atoms with Gasteiger partial charge in [0.05, 0.1) is 0 Å². The molecule has 9 rings (SSSR count). The molecule has 4 aromatic heterocycles. The number of imidazole rings is 1. The number of thiophene rings is 1. The number of fused-ring (bicyclic) bond motifs is 5. The molecule has 0 aliphatic heterocycles. The topological polar surface area (TPSA) is 56.0 Å². The highest BCUT2D eigenvalue weighted by Gasteiger charge is 2.14. The Hall–Kier alpha value is -5.98. The molecule has 46 heavy (non-hydrogen) atoms. The molecule has 0 spiro atoms. The molecule has 0 aliphatic carbocycles. The van der Waals surface area contributed by atoms with Crippen LogP contribution in [0.1, 0.15) is 0 Å². The number of aromatic nitrogens is 5. The van der Waals surface area contributed by atoms with E-state index < -0.39 is 0 Å². The fourth-order valence-electron chi connectivity index (χ4n) is 5.96. The lowest BCUT2D eigenvalue weighted by molar-refractivity contribution is 1.07. The smallest absolute Gasteiger partial charge is 0.164 e. The number of hydrogen-bond donors (Lipinski definition) is 0. The van der Waals surface area contributed by atoms with Crippen LogP contribution < -0.4 is 0 Å². The minimum Gasteiger partial charge on any atom is -0.291 e. The monoisotopic (exact) mass is 607 g/mol. The van der Waals surface area contributed by atoms with Crippen molar-refractivity contribution in [1.29, 1.82) is 0 Å². The van der Waals surface area contributed by atoms with Crippen molar-refractivity contribution in [2.75, 3.05) is 0 Å². The SMILES string of the molecule is c1ccc(-c2nc(-c3ccccc3)nc(-c3cccc(-c4ccc(-c5ccc6sc7c(nc8ccccn87)c6c5)cc4)c3)n2)cc1. The van der Waals surface area contributed by atoms with E-state index in [1.165, 1.54) is 26.0 Å². The first-order valence-corrected chi connectivity index (χ1v) is 16.0. The highest BCUT2D eigenvalue weighted by Crippen LogP contribution is 2.37. The zero-order valence-electron chi connectivity index (χ0n) is 24.6. The van der Waals surface area contributed by atoms with E-state index in [2.05, 4.69) is 89.5 Å². The van der Waals surface area contributed by atoms with Gasteiger partial charge in [-0.05, 0) is 52.6 Å². The maximum atomic E-state index is 4.93. The fraction of sp³-hybridized carbons (Fsp3) is 0. The van der Waals surface area contributed by atoms with Crippen molar-refractivity contribution in [3.05, 3.63) is 152 Å². The molecule has 5 aromatic carbocycles. The summed E-state index contributed by atoms with van der Waals surface area (Å²) in [5, 5.41) is 1.19. The minimum absolute atomic E-state index is 0.647. The van der Waals surface area contributed by atoms with E-state index in [9.17, 15) is 0 Å². The summed E-state index contributed by atoms with van der Waals surface area (Å²) < 4.78 is 3.42. The van der Waals surface area contributed by atoms with Crippen LogP contribution in [0, 0.1) is 0 Å². The van der Waals surface area contributed by atoms with Crippen molar-refractivity contribution in [3.8, 4) is 56.4 Å². The summed E-state index contributed by atoms with van der Waals surface area (Å²) in [5.74, 6) is 1.96. The van der Waals surface area contributed by atoms with Gasteiger partial charge in [0.15, 0.2) is 17.5 Å². The van der Waals surface area contributed by atoms with Crippen molar-refractivity contribution in [3.63, 3.8) is 0 Å². The summed E-state index contributed by atoms with van der Waals surface area (Å²) in [4.78, 5) is 20.8. The zero-order chi connectivity index (χ0) is 30.5. The van der Waals surface area contributed by atoms with Gasteiger partial charge in [0.1, 0.15) is 16.0 Å². The second kappa shape index (κ2) is 10.9. The second-order valence-corrected chi connectivity index (χ2v) is 12.2. The zero-order valence-corrected chi connectivity index (χ0v) is 25.4. The van der Waals surface area contributed by atoms with Gasteiger partial charge >= 0.3 is 0 Å². The van der Waals surface area contributed by atoms with E-state index in [0.717, 1.165) is 39.0 Å². The Bertz CT molecular complexity index is 2460. The van der Waals surface area contributed by atoms with Gasteiger partial charge in [-0.3, -0.25) is 4.40 Å². The third-order valence-corrected chi connectivity index (χ3v) is 9.46.